The van der Waals surface area contributed by atoms with E-state index in [9.17, 15) is 14.4 Å². The van der Waals surface area contributed by atoms with Crippen molar-refractivity contribution in [3.63, 3.8) is 0 Å². The fourth-order valence-electron chi connectivity index (χ4n) is 2.81. The summed E-state index contributed by atoms with van der Waals surface area (Å²) in [6.07, 6.45) is 0.0480. The van der Waals surface area contributed by atoms with Crippen LogP contribution in [0.3, 0.4) is 0 Å². The summed E-state index contributed by atoms with van der Waals surface area (Å²) in [7, 11) is 1.46. The summed E-state index contributed by atoms with van der Waals surface area (Å²) in [5, 5.41) is 3.02. The Bertz CT molecular complexity index is 673. The van der Waals surface area contributed by atoms with Crippen LogP contribution in [-0.2, 0) is 9.53 Å². The van der Waals surface area contributed by atoms with Crippen LogP contribution in [0.2, 0.25) is 0 Å². The summed E-state index contributed by atoms with van der Waals surface area (Å²) in [5.41, 5.74) is 1.42. The van der Waals surface area contributed by atoms with Crippen LogP contribution in [0.4, 0.5) is 5.69 Å². The van der Waals surface area contributed by atoms with E-state index in [1.165, 1.54) is 7.05 Å². The Kier molecular flexibility index (Phi) is 4.04. The summed E-state index contributed by atoms with van der Waals surface area (Å²) in [5.74, 6) is -0.628. The molecule has 122 valence electrons. The molecule has 1 saturated heterocycles. The highest BCUT2D eigenvalue weighted by Gasteiger charge is 2.32. The molecule has 7 heteroatoms. The fourth-order valence-corrected chi connectivity index (χ4v) is 2.81. The quantitative estimate of drug-likeness (QED) is 0.825. The van der Waals surface area contributed by atoms with Gasteiger partial charge in [0.1, 0.15) is 0 Å². The summed E-state index contributed by atoms with van der Waals surface area (Å²) < 4.78 is 5.41. The lowest BCUT2D eigenvalue weighted by atomic mass is 10.1. The number of imide groups is 1. The van der Waals surface area contributed by atoms with Crippen molar-refractivity contribution in [1.29, 1.82) is 0 Å². The highest BCUT2D eigenvalue weighted by molar-refractivity contribution is 6.21. The van der Waals surface area contributed by atoms with Crippen molar-refractivity contribution in [2.45, 2.75) is 13.0 Å². The molecule has 2 aliphatic rings. The van der Waals surface area contributed by atoms with Gasteiger partial charge in [-0.15, -0.1) is 0 Å². The Balaban J connectivity index is 1.65. The zero-order valence-electron chi connectivity index (χ0n) is 13.2. The standard InChI is InChI=1S/C16H19N3O4/c1-10-9-19(5-6-23-10)14(20)8-17-11-3-4-12-13(7-11)16(22)18(2)15(12)21/h3-4,7,10,17H,5-6,8-9H2,1-2H3/t10-/m1/s1. The Hall–Kier alpha value is -2.41. The maximum Gasteiger partial charge on any atom is 0.261 e. The fraction of sp³-hybridized carbons (Fsp3) is 0.438. The molecule has 2 heterocycles. The van der Waals surface area contributed by atoms with Gasteiger partial charge in [-0.3, -0.25) is 19.3 Å². The molecule has 7 nitrogen and oxygen atoms in total. The SMILES string of the molecule is C[C@@H]1CN(C(=O)CNc2ccc3c(c2)C(=O)N(C)C3=O)CCO1. The minimum atomic E-state index is -0.318. The summed E-state index contributed by atoms with van der Waals surface area (Å²) in [4.78, 5) is 38.9. The van der Waals surface area contributed by atoms with E-state index in [1.807, 2.05) is 6.92 Å². The number of nitrogens with zero attached hydrogens (tertiary/aromatic N) is 2. The molecule has 1 aromatic rings. The minimum absolute atomic E-state index is 0.0137. The third-order valence-corrected chi connectivity index (χ3v) is 4.13. The smallest absolute Gasteiger partial charge is 0.261 e. The predicted octanol–water partition coefficient (Wildman–Crippen LogP) is 0.572. The van der Waals surface area contributed by atoms with E-state index in [1.54, 1.807) is 23.1 Å². The minimum Gasteiger partial charge on any atom is -0.376 e. The van der Waals surface area contributed by atoms with Gasteiger partial charge in [0.15, 0.2) is 0 Å². The Morgan fingerprint density at radius 1 is 1.30 bits per heavy atom. The van der Waals surface area contributed by atoms with Crippen LogP contribution in [0.15, 0.2) is 18.2 Å². The van der Waals surface area contributed by atoms with Crippen LogP contribution in [0.1, 0.15) is 27.6 Å². The lowest BCUT2D eigenvalue weighted by Crippen LogP contribution is -2.46. The maximum absolute atomic E-state index is 12.2. The number of hydrogen-bond acceptors (Lipinski definition) is 5. The van der Waals surface area contributed by atoms with Gasteiger partial charge in [0.25, 0.3) is 11.8 Å². The molecular weight excluding hydrogens is 298 g/mol. The van der Waals surface area contributed by atoms with Gasteiger partial charge in [0.05, 0.1) is 30.4 Å². The van der Waals surface area contributed by atoms with Gasteiger partial charge < -0.3 is 15.0 Å². The van der Waals surface area contributed by atoms with Crippen molar-refractivity contribution in [2.24, 2.45) is 0 Å². The summed E-state index contributed by atoms with van der Waals surface area (Å²) in [6, 6.07) is 4.94. The molecule has 0 spiro atoms. The van der Waals surface area contributed by atoms with Crippen LogP contribution < -0.4 is 5.32 Å². The number of fused-ring (bicyclic) bond motifs is 1. The molecule has 1 aromatic carbocycles. The number of anilines is 1. The highest BCUT2D eigenvalue weighted by atomic mass is 16.5. The number of nitrogens with one attached hydrogen (secondary N) is 1. The van der Waals surface area contributed by atoms with E-state index in [0.717, 1.165) is 4.90 Å². The van der Waals surface area contributed by atoms with E-state index in [2.05, 4.69) is 5.32 Å². The molecule has 0 radical (unpaired) electrons. The molecule has 0 saturated carbocycles. The Labute approximate surface area is 134 Å². The first kappa shape index (κ1) is 15.5. The van der Waals surface area contributed by atoms with Crippen LogP contribution in [0.25, 0.3) is 0 Å². The third kappa shape index (κ3) is 2.92. The first-order chi connectivity index (χ1) is 11.0. The number of carbonyl (C=O) groups excluding carboxylic acids is 3. The van der Waals surface area contributed by atoms with Gasteiger partial charge >= 0.3 is 0 Å². The topological polar surface area (TPSA) is 79.0 Å². The molecule has 3 rings (SSSR count). The lowest BCUT2D eigenvalue weighted by Gasteiger charge is -2.31. The van der Waals surface area contributed by atoms with Crippen LogP contribution >= 0.6 is 0 Å². The zero-order chi connectivity index (χ0) is 16.6. The monoisotopic (exact) mass is 317 g/mol. The van der Waals surface area contributed by atoms with Crippen molar-refractivity contribution in [3.8, 4) is 0 Å². The van der Waals surface area contributed by atoms with E-state index in [-0.39, 0.29) is 30.4 Å². The van der Waals surface area contributed by atoms with E-state index in [4.69, 9.17) is 4.74 Å². The van der Waals surface area contributed by atoms with E-state index >= 15 is 0 Å². The molecule has 1 atom stereocenters. The molecule has 0 aromatic heterocycles. The van der Waals surface area contributed by atoms with Crippen molar-refractivity contribution in [2.75, 3.05) is 38.6 Å². The normalized spacial score (nSPS) is 20.7. The number of rotatable bonds is 3. The van der Waals surface area contributed by atoms with Gasteiger partial charge in [0, 0.05) is 25.8 Å². The number of benzene rings is 1. The van der Waals surface area contributed by atoms with Gasteiger partial charge in [-0.05, 0) is 25.1 Å². The molecular formula is C16H19N3O4. The molecule has 1 fully saturated rings. The Morgan fingerprint density at radius 2 is 2.04 bits per heavy atom. The van der Waals surface area contributed by atoms with E-state index < -0.39 is 0 Å². The van der Waals surface area contributed by atoms with E-state index in [0.29, 0.717) is 36.5 Å². The van der Waals surface area contributed by atoms with Crippen molar-refractivity contribution in [3.05, 3.63) is 29.3 Å². The first-order valence-corrected chi connectivity index (χ1v) is 7.57. The molecule has 0 unspecified atom stereocenters. The molecule has 2 aliphatic heterocycles. The van der Waals surface area contributed by atoms with Crippen molar-refractivity contribution >= 4 is 23.4 Å². The molecule has 0 aliphatic carbocycles. The average Bonchev–Trinajstić information content (AvgIpc) is 2.77. The highest BCUT2D eigenvalue weighted by Crippen LogP contribution is 2.24. The molecule has 1 N–H and O–H groups in total. The van der Waals surface area contributed by atoms with Gasteiger partial charge in [-0.25, -0.2) is 0 Å². The predicted molar refractivity (Wildman–Crippen MR) is 83.3 cm³/mol. The number of morpholine rings is 1. The second-order valence-electron chi connectivity index (χ2n) is 5.80. The number of carbonyl (C=O) groups is 3. The molecule has 3 amide bonds. The number of hydrogen-bond donors (Lipinski definition) is 1. The Morgan fingerprint density at radius 3 is 2.78 bits per heavy atom. The zero-order valence-corrected chi connectivity index (χ0v) is 13.2. The lowest BCUT2D eigenvalue weighted by molar-refractivity contribution is -0.136. The number of ether oxygens (including phenoxy) is 1. The molecule has 23 heavy (non-hydrogen) atoms. The first-order valence-electron chi connectivity index (χ1n) is 7.57. The van der Waals surface area contributed by atoms with Crippen LogP contribution in [0, 0.1) is 0 Å². The van der Waals surface area contributed by atoms with Gasteiger partial charge in [-0.1, -0.05) is 0 Å². The number of amides is 3. The van der Waals surface area contributed by atoms with Crippen molar-refractivity contribution in [1.82, 2.24) is 9.80 Å². The second-order valence-corrected chi connectivity index (χ2v) is 5.80. The average molecular weight is 317 g/mol. The summed E-state index contributed by atoms with van der Waals surface area (Å²) in [6.45, 7) is 3.81. The third-order valence-electron chi connectivity index (χ3n) is 4.13. The van der Waals surface area contributed by atoms with Crippen molar-refractivity contribution < 1.29 is 19.1 Å². The maximum atomic E-state index is 12.2. The van der Waals surface area contributed by atoms with Gasteiger partial charge in [0.2, 0.25) is 5.91 Å². The summed E-state index contributed by atoms with van der Waals surface area (Å²) >= 11 is 0. The molecule has 0 bridgehead atoms. The second kappa shape index (κ2) is 6.00. The van der Waals surface area contributed by atoms with Crippen LogP contribution in [0.5, 0.6) is 0 Å². The largest absolute Gasteiger partial charge is 0.376 e. The van der Waals surface area contributed by atoms with Gasteiger partial charge in [-0.2, -0.15) is 0 Å². The van der Waals surface area contributed by atoms with Crippen LogP contribution in [-0.4, -0.2) is 66.9 Å².